The maximum absolute atomic E-state index is 14.2. The van der Waals surface area contributed by atoms with Crippen LogP contribution in [0.4, 0.5) is 5.69 Å². The van der Waals surface area contributed by atoms with Crippen molar-refractivity contribution < 1.29 is 9.59 Å². The van der Waals surface area contributed by atoms with Crippen molar-refractivity contribution in [3.63, 3.8) is 0 Å². The van der Waals surface area contributed by atoms with Gasteiger partial charge in [0.25, 0.3) is 0 Å². The maximum Gasteiger partial charge on any atom is 0.249 e. The Morgan fingerprint density at radius 2 is 1.75 bits per heavy atom. The number of amides is 2. The minimum absolute atomic E-state index is 0.0517. The number of hydrogen-bond donors (Lipinski definition) is 1. The standard InChI is InChI=1S/C28H34N6O2/c1-6-20-13-8-10-15-22(20)34(25(35)19-33-23-16-11-9-14-21(23)30-31-33)26(24-17-12-18-32(24)5)27(36)29-28(3,4)7-2/h8-18,26H,6-7,19H2,1-5H3,(H,29,36). The first-order valence-electron chi connectivity index (χ1n) is 12.4. The molecule has 0 saturated heterocycles. The van der Waals surface area contributed by atoms with Gasteiger partial charge in [0, 0.05) is 24.5 Å². The molecule has 1 unspecified atom stereocenters. The summed E-state index contributed by atoms with van der Waals surface area (Å²) in [6.45, 7) is 8.00. The number of carbonyl (C=O) groups excluding carboxylic acids is 2. The summed E-state index contributed by atoms with van der Waals surface area (Å²) in [5.74, 6) is -0.478. The van der Waals surface area contributed by atoms with Crippen molar-refractivity contribution in [3.8, 4) is 0 Å². The highest BCUT2D eigenvalue weighted by Gasteiger charge is 2.37. The van der Waals surface area contributed by atoms with E-state index in [0.717, 1.165) is 23.2 Å². The highest BCUT2D eigenvalue weighted by atomic mass is 16.2. The average molecular weight is 487 g/mol. The zero-order chi connectivity index (χ0) is 25.9. The Balaban J connectivity index is 1.85. The molecule has 4 aromatic rings. The summed E-state index contributed by atoms with van der Waals surface area (Å²) < 4.78 is 3.48. The molecule has 2 aromatic heterocycles. The fourth-order valence-electron chi connectivity index (χ4n) is 4.33. The Hall–Kier alpha value is -3.94. The monoisotopic (exact) mass is 486 g/mol. The average Bonchev–Trinajstić information content (AvgIpc) is 3.48. The molecule has 0 fully saturated rings. The van der Waals surface area contributed by atoms with Gasteiger partial charge in [-0.25, -0.2) is 4.68 Å². The minimum atomic E-state index is -0.870. The fourth-order valence-corrected chi connectivity index (χ4v) is 4.33. The Labute approximate surface area is 211 Å². The van der Waals surface area contributed by atoms with Crippen LogP contribution in [0.25, 0.3) is 11.0 Å². The van der Waals surface area contributed by atoms with Crippen molar-refractivity contribution in [2.75, 3.05) is 4.90 Å². The third kappa shape index (κ3) is 5.03. The van der Waals surface area contributed by atoms with Gasteiger partial charge >= 0.3 is 0 Å². The Morgan fingerprint density at radius 1 is 1.03 bits per heavy atom. The van der Waals surface area contributed by atoms with Gasteiger partial charge in [0.15, 0.2) is 6.04 Å². The fraction of sp³-hybridized carbons (Fsp3) is 0.357. The Bertz CT molecular complexity index is 1370. The van der Waals surface area contributed by atoms with Crippen LogP contribution >= 0.6 is 0 Å². The van der Waals surface area contributed by atoms with E-state index in [-0.39, 0.29) is 18.4 Å². The van der Waals surface area contributed by atoms with Crippen LogP contribution in [0.3, 0.4) is 0 Å². The largest absolute Gasteiger partial charge is 0.352 e. The SMILES string of the molecule is CCc1ccccc1N(C(=O)Cn1nnc2ccccc21)C(C(=O)NC(C)(C)CC)c1cccn1C. The third-order valence-corrected chi connectivity index (χ3v) is 6.72. The van der Waals surface area contributed by atoms with Crippen LogP contribution in [0.15, 0.2) is 66.9 Å². The van der Waals surface area contributed by atoms with Crippen LogP contribution in [-0.2, 0) is 29.6 Å². The summed E-state index contributed by atoms with van der Waals surface area (Å²) in [6.07, 6.45) is 3.36. The molecular weight excluding hydrogens is 452 g/mol. The van der Waals surface area contributed by atoms with Gasteiger partial charge in [0.1, 0.15) is 12.1 Å². The predicted molar refractivity (Wildman–Crippen MR) is 142 cm³/mol. The van der Waals surface area contributed by atoms with Gasteiger partial charge in [-0.1, -0.05) is 49.4 Å². The topological polar surface area (TPSA) is 85.1 Å². The summed E-state index contributed by atoms with van der Waals surface area (Å²) in [7, 11) is 1.89. The summed E-state index contributed by atoms with van der Waals surface area (Å²) in [6, 6.07) is 18.2. The number of fused-ring (bicyclic) bond motifs is 1. The number of nitrogens with one attached hydrogen (secondary N) is 1. The minimum Gasteiger partial charge on any atom is -0.352 e. The number of carbonyl (C=O) groups is 2. The number of aromatic nitrogens is 4. The van der Waals surface area contributed by atoms with Gasteiger partial charge in [-0.15, -0.1) is 5.10 Å². The lowest BCUT2D eigenvalue weighted by atomic mass is 9.99. The van der Waals surface area contributed by atoms with Gasteiger partial charge in [0.05, 0.1) is 11.2 Å². The quantitative estimate of drug-likeness (QED) is 0.380. The first kappa shape index (κ1) is 25.2. The van der Waals surface area contributed by atoms with Crippen molar-refractivity contribution in [1.82, 2.24) is 24.9 Å². The zero-order valence-corrected chi connectivity index (χ0v) is 21.6. The van der Waals surface area contributed by atoms with E-state index in [1.54, 1.807) is 9.58 Å². The van der Waals surface area contributed by atoms with Gasteiger partial charge in [0.2, 0.25) is 11.8 Å². The molecule has 2 amide bonds. The second-order valence-corrected chi connectivity index (χ2v) is 9.65. The van der Waals surface area contributed by atoms with Gasteiger partial charge < -0.3 is 9.88 Å². The molecule has 0 aliphatic rings. The van der Waals surface area contributed by atoms with Crippen LogP contribution in [0.1, 0.15) is 51.4 Å². The zero-order valence-electron chi connectivity index (χ0n) is 21.6. The van der Waals surface area contributed by atoms with Gasteiger partial charge in [-0.3, -0.25) is 14.5 Å². The smallest absolute Gasteiger partial charge is 0.249 e. The second kappa shape index (κ2) is 10.4. The Morgan fingerprint density at radius 3 is 2.44 bits per heavy atom. The molecule has 2 heterocycles. The predicted octanol–water partition coefficient (Wildman–Crippen LogP) is 4.41. The van der Waals surface area contributed by atoms with Crippen molar-refractivity contribution in [1.29, 1.82) is 0 Å². The van der Waals surface area contributed by atoms with Crippen molar-refractivity contribution in [3.05, 3.63) is 78.1 Å². The molecule has 8 heteroatoms. The number of para-hydroxylation sites is 2. The van der Waals surface area contributed by atoms with E-state index in [0.29, 0.717) is 17.6 Å². The van der Waals surface area contributed by atoms with E-state index in [1.807, 2.05) is 106 Å². The lowest BCUT2D eigenvalue weighted by molar-refractivity contribution is -0.128. The molecule has 36 heavy (non-hydrogen) atoms. The molecule has 1 N–H and O–H groups in total. The first-order chi connectivity index (χ1) is 17.3. The molecule has 188 valence electrons. The molecule has 8 nitrogen and oxygen atoms in total. The highest BCUT2D eigenvalue weighted by molar-refractivity contribution is 6.02. The van der Waals surface area contributed by atoms with E-state index in [9.17, 15) is 9.59 Å². The molecular formula is C28H34N6O2. The van der Waals surface area contributed by atoms with Crippen LogP contribution in [0, 0.1) is 0 Å². The van der Waals surface area contributed by atoms with E-state index in [4.69, 9.17) is 0 Å². The maximum atomic E-state index is 14.2. The molecule has 0 aliphatic heterocycles. The van der Waals surface area contributed by atoms with Gasteiger partial charge in [-0.05, 0) is 62.6 Å². The normalized spacial score (nSPS) is 12.5. The van der Waals surface area contributed by atoms with Crippen molar-refractivity contribution >= 4 is 28.5 Å². The summed E-state index contributed by atoms with van der Waals surface area (Å²) in [5, 5.41) is 11.6. The van der Waals surface area contributed by atoms with Crippen molar-refractivity contribution in [2.45, 2.75) is 58.7 Å². The number of aryl methyl sites for hydroxylation is 2. The van der Waals surface area contributed by atoms with Crippen molar-refractivity contribution in [2.24, 2.45) is 7.05 Å². The first-order valence-corrected chi connectivity index (χ1v) is 12.4. The molecule has 0 radical (unpaired) electrons. The molecule has 1 atom stereocenters. The third-order valence-electron chi connectivity index (χ3n) is 6.72. The molecule has 0 bridgehead atoms. The van der Waals surface area contributed by atoms with E-state index in [2.05, 4.69) is 15.6 Å². The second-order valence-electron chi connectivity index (χ2n) is 9.65. The highest BCUT2D eigenvalue weighted by Crippen LogP contribution is 2.32. The molecule has 2 aromatic carbocycles. The number of hydrogen-bond acceptors (Lipinski definition) is 4. The number of nitrogens with zero attached hydrogens (tertiary/aromatic N) is 5. The number of rotatable bonds is 9. The van der Waals surface area contributed by atoms with Crippen LogP contribution in [0.5, 0.6) is 0 Å². The Kier molecular flexibility index (Phi) is 7.24. The lowest BCUT2D eigenvalue weighted by Crippen LogP contribution is -2.51. The van der Waals surface area contributed by atoms with Crippen LogP contribution in [-0.4, -0.2) is 36.9 Å². The van der Waals surface area contributed by atoms with E-state index < -0.39 is 11.6 Å². The molecule has 0 aliphatic carbocycles. The summed E-state index contributed by atoms with van der Waals surface area (Å²) in [5.41, 5.74) is 3.47. The van der Waals surface area contributed by atoms with Gasteiger partial charge in [-0.2, -0.15) is 0 Å². The lowest BCUT2D eigenvalue weighted by Gasteiger charge is -2.35. The van der Waals surface area contributed by atoms with Crippen LogP contribution in [0.2, 0.25) is 0 Å². The number of benzene rings is 2. The van der Waals surface area contributed by atoms with E-state index in [1.165, 1.54) is 0 Å². The number of anilines is 1. The van der Waals surface area contributed by atoms with Crippen LogP contribution < -0.4 is 10.2 Å². The molecule has 0 saturated carbocycles. The summed E-state index contributed by atoms with van der Waals surface area (Å²) >= 11 is 0. The molecule has 0 spiro atoms. The van der Waals surface area contributed by atoms with E-state index >= 15 is 0 Å². The summed E-state index contributed by atoms with van der Waals surface area (Å²) in [4.78, 5) is 29.7. The molecule has 4 rings (SSSR count).